The molecule has 1 spiro atoms. The number of carbonyl (C=O) groups excluding carboxylic acids is 4. The Morgan fingerprint density at radius 2 is 1.91 bits per heavy atom. The van der Waals surface area contributed by atoms with Crippen molar-refractivity contribution in [3.8, 4) is 0 Å². The van der Waals surface area contributed by atoms with Crippen LogP contribution in [0.4, 0.5) is 0 Å². The van der Waals surface area contributed by atoms with Gasteiger partial charge in [0.25, 0.3) is 0 Å². The molecule has 3 aliphatic rings. The minimum atomic E-state index is -1.28. The smallest absolute Gasteiger partial charge is 0.312 e. The van der Waals surface area contributed by atoms with E-state index in [1.165, 1.54) is 4.90 Å². The molecule has 0 radical (unpaired) electrons. The predicted octanol–water partition coefficient (Wildman–Crippen LogP) is 3.75. The van der Waals surface area contributed by atoms with E-state index in [9.17, 15) is 24.3 Å². The van der Waals surface area contributed by atoms with Crippen molar-refractivity contribution in [1.82, 2.24) is 15.1 Å². The van der Waals surface area contributed by atoms with Crippen LogP contribution >= 0.6 is 15.9 Å². The molecule has 2 bridgehead atoms. The first-order valence-electron chi connectivity index (χ1n) is 15.7. The van der Waals surface area contributed by atoms with E-state index in [-0.39, 0.29) is 54.1 Å². The van der Waals surface area contributed by atoms with Gasteiger partial charge in [-0.25, -0.2) is 0 Å². The average Bonchev–Trinajstić information content (AvgIpc) is 3.52. The molecule has 3 heterocycles. The molecule has 0 aromatic carbocycles. The molecule has 3 amide bonds. The Balaban J connectivity index is 1.99. The molecule has 44 heavy (non-hydrogen) atoms. The number of likely N-dealkylation sites (tertiary alicyclic amines) is 1. The number of halogens is 1. The van der Waals surface area contributed by atoms with Gasteiger partial charge in [-0.05, 0) is 51.9 Å². The maximum Gasteiger partial charge on any atom is 0.312 e. The third kappa shape index (κ3) is 7.09. The van der Waals surface area contributed by atoms with Crippen LogP contribution in [0.25, 0.3) is 0 Å². The summed E-state index contributed by atoms with van der Waals surface area (Å²) in [5.41, 5.74) is -1.97. The Kier molecular flexibility index (Phi) is 11.6. The van der Waals surface area contributed by atoms with Crippen molar-refractivity contribution < 1.29 is 33.8 Å². The summed E-state index contributed by atoms with van der Waals surface area (Å²) in [7, 11) is 0. The molecule has 3 aliphatic heterocycles. The number of aliphatic hydroxyl groups excluding tert-OH is 1. The van der Waals surface area contributed by atoms with Crippen molar-refractivity contribution in [2.75, 3.05) is 19.7 Å². The van der Waals surface area contributed by atoms with Gasteiger partial charge in [-0.3, -0.25) is 19.2 Å². The Morgan fingerprint density at radius 1 is 1.25 bits per heavy atom. The lowest BCUT2D eigenvalue weighted by molar-refractivity contribution is -0.160. The SMILES string of the molecule is C=CCCC(=O)NC[C@@H](C)OC(=O)[C@H]1[C@@H]2O[C@@]3(CC2Br)[C@@H]1C(=O)N([C@@H](CC)CO)[C@@H]3C(=O)N(CC=C)C(C)(C)CC(C)(C)C. The number of aliphatic hydroxyl groups is 1. The first-order valence-corrected chi connectivity index (χ1v) is 16.7. The van der Waals surface area contributed by atoms with Gasteiger partial charge in [0.05, 0.1) is 37.1 Å². The topological polar surface area (TPSA) is 125 Å². The maximum absolute atomic E-state index is 14.8. The molecule has 3 fully saturated rings. The first kappa shape index (κ1) is 36.2. The normalized spacial score (nSPS) is 29.2. The van der Waals surface area contributed by atoms with E-state index in [2.05, 4.69) is 55.2 Å². The number of hydrogen-bond acceptors (Lipinski definition) is 7. The highest BCUT2D eigenvalue weighted by atomic mass is 79.9. The zero-order valence-corrected chi connectivity index (χ0v) is 29.0. The molecule has 11 heteroatoms. The van der Waals surface area contributed by atoms with Crippen LogP contribution in [0.3, 0.4) is 0 Å². The predicted molar refractivity (Wildman–Crippen MR) is 172 cm³/mol. The van der Waals surface area contributed by atoms with E-state index >= 15 is 0 Å². The van der Waals surface area contributed by atoms with Crippen molar-refractivity contribution in [1.29, 1.82) is 0 Å². The molecule has 1 unspecified atom stereocenters. The van der Waals surface area contributed by atoms with Gasteiger partial charge in [0, 0.05) is 23.3 Å². The van der Waals surface area contributed by atoms with Crippen LogP contribution in [0.1, 0.15) is 80.6 Å². The number of nitrogens with zero attached hydrogens (tertiary/aromatic N) is 2. The third-order valence-corrected chi connectivity index (χ3v) is 9.90. The summed E-state index contributed by atoms with van der Waals surface area (Å²) in [5, 5.41) is 13.1. The molecule has 0 aliphatic carbocycles. The van der Waals surface area contributed by atoms with Crippen LogP contribution < -0.4 is 5.32 Å². The van der Waals surface area contributed by atoms with Gasteiger partial charge in [-0.1, -0.05) is 55.8 Å². The monoisotopic (exact) mass is 681 g/mol. The summed E-state index contributed by atoms with van der Waals surface area (Å²) in [5.74, 6) is -3.35. The average molecular weight is 683 g/mol. The molecule has 8 atom stereocenters. The van der Waals surface area contributed by atoms with Crippen molar-refractivity contribution >= 4 is 39.6 Å². The largest absolute Gasteiger partial charge is 0.460 e. The van der Waals surface area contributed by atoms with E-state index < -0.39 is 53.2 Å². The van der Waals surface area contributed by atoms with Crippen molar-refractivity contribution in [3.05, 3.63) is 25.3 Å². The molecule has 0 aromatic heterocycles. The van der Waals surface area contributed by atoms with Gasteiger partial charge >= 0.3 is 5.97 Å². The van der Waals surface area contributed by atoms with E-state index in [0.717, 1.165) is 0 Å². The molecule has 0 aromatic rings. The van der Waals surface area contributed by atoms with Crippen LogP contribution in [-0.4, -0.2) is 98.6 Å². The van der Waals surface area contributed by atoms with Crippen molar-refractivity contribution in [2.45, 2.75) is 121 Å². The minimum Gasteiger partial charge on any atom is -0.460 e. The molecular formula is C33H52BrN3O7. The van der Waals surface area contributed by atoms with Crippen LogP contribution in [0, 0.1) is 17.3 Å². The fourth-order valence-electron chi connectivity index (χ4n) is 7.63. The maximum atomic E-state index is 14.8. The second-order valence-corrected chi connectivity index (χ2v) is 15.5. The zero-order valence-electron chi connectivity index (χ0n) is 27.4. The summed E-state index contributed by atoms with van der Waals surface area (Å²) in [6, 6.07) is -1.67. The van der Waals surface area contributed by atoms with E-state index in [1.807, 2.05) is 20.8 Å². The number of ether oxygens (including phenoxy) is 2. The van der Waals surface area contributed by atoms with Gasteiger partial charge in [0.15, 0.2) is 0 Å². The van der Waals surface area contributed by atoms with Gasteiger partial charge in [-0.15, -0.1) is 13.2 Å². The molecule has 248 valence electrons. The standard InChI is InChI=1S/C33H52BrN3O7/c1-10-13-14-23(39)35-17-20(4)43-30(42)24-25-28(40)37(21(12-3)18-38)27(33(25)16-22(34)26(24)44-33)29(41)36(15-11-2)32(8,9)19-31(5,6)7/h10-11,20-22,24-27,38H,1-2,12-19H2,3-9H3,(H,35,39)/t20-,21+,22?,24-,25+,26-,27-,33+/m1/s1. The minimum absolute atomic E-state index is 0.0911. The Morgan fingerprint density at radius 3 is 2.45 bits per heavy atom. The van der Waals surface area contributed by atoms with Gasteiger partial charge in [-0.2, -0.15) is 0 Å². The van der Waals surface area contributed by atoms with Gasteiger partial charge in [0.1, 0.15) is 17.7 Å². The third-order valence-electron chi connectivity index (χ3n) is 9.06. The number of amides is 3. The van der Waals surface area contributed by atoms with Gasteiger partial charge < -0.3 is 29.7 Å². The van der Waals surface area contributed by atoms with Crippen molar-refractivity contribution in [2.24, 2.45) is 17.3 Å². The number of nitrogens with one attached hydrogen (secondary N) is 1. The molecule has 10 nitrogen and oxygen atoms in total. The highest BCUT2D eigenvalue weighted by molar-refractivity contribution is 9.09. The number of esters is 1. The summed E-state index contributed by atoms with van der Waals surface area (Å²) in [4.78, 5) is 58.0. The summed E-state index contributed by atoms with van der Waals surface area (Å²) in [6.07, 6.45) is 4.31. The molecule has 0 saturated carbocycles. The quantitative estimate of drug-likeness (QED) is 0.153. The highest BCUT2D eigenvalue weighted by Crippen LogP contribution is 2.61. The lowest BCUT2D eigenvalue weighted by Crippen LogP contribution is -2.62. The number of carbonyl (C=O) groups is 4. The summed E-state index contributed by atoms with van der Waals surface area (Å²) in [6.45, 7) is 21.5. The van der Waals surface area contributed by atoms with E-state index in [1.54, 1.807) is 24.0 Å². The molecular weight excluding hydrogens is 630 g/mol. The lowest BCUT2D eigenvalue weighted by atomic mass is 9.70. The van der Waals surface area contributed by atoms with Crippen LogP contribution in [0.2, 0.25) is 0 Å². The van der Waals surface area contributed by atoms with Crippen LogP contribution in [0.15, 0.2) is 25.3 Å². The van der Waals surface area contributed by atoms with Gasteiger partial charge in [0.2, 0.25) is 17.7 Å². The zero-order chi connectivity index (χ0) is 33.2. The number of rotatable bonds is 15. The fraction of sp³-hybridized carbons (Fsp3) is 0.758. The van der Waals surface area contributed by atoms with Crippen LogP contribution in [-0.2, 0) is 28.7 Å². The second-order valence-electron chi connectivity index (χ2n) is 14.3. The number of hydrogen-bond donors (Lipinski definition) is 2. The van der Waals surface area contributed by atoms with Crippen LogP contribution in [0.5, 0.6) is 0 Å². The Hall–Kier alpha value is -2.24. The Bertz CT molecular complexity index is 1120. The number of allylic oxidation sites excluding steroid dienone is 1. The first-order chi connectivity index (χ1) is 20.5. The molecule has 3 rings (SSSR count). The summed E-state index contributed by atoms with van der Waals surface area (Å²) < 4.78 is 12.4. The fourth-order valence-corrected chi connectivity index (χ4v) is 8.57. The molecule has 2 N–H and O–H groups in total. The summed E-state index contributed by atoms with van der Waals surface area (Å²) >= 11 is 3.69. The number of alkyl halides is 1. The van der Waals surface area contributed by atoms with E-state index in [0.29, 0.717) is 25.7 Å². The second kappa shape index (κ2) is 14.0. The van der Waals surface area contributed by atoms with Crippen molar-refractivity contribution in [3.63, 3.8) is 0 Å². The molecule has 3 saturated heterocycles. The highest BCUT2D eigenvalue weighted by Gasteiger charge is 2.77. The lowest BCUT2D eigenvalue weighted by Gasteiger charge is -2.46. The number of fused-ring (bicyclic) bond motifs is 1. The Labute approximate surface area is 271 Å². The van der Waals surface area contributed by atoms with E-state index in [4.69, 9.17) is 9.47 Å².